The average molecular weight is 470 g/mol. The Morgan fingerprint density at radius 2 is 1.34 bits per heavy atom. The van der Waals surface area contributed by atoms with E-state index >= 15 is 0 Å². The van der Waals surface area contributed by atoms with Crippen molar-refractivity contribution in [1.29, 1.82) is 0 Å². The van der Waals surface area contributed by atoms with Gasteiger partial charge < -0.3 is 9.80 Å². The van der Waals surface area contributed by atoms with Crippen LogP contribution in [0.4, 0.5) is 22.7 Å². The second-order valence-electron chi connectivity index (χ2n) is 7.81. The average Bonchev–Trinajstić information content (AvgIpc) is 2.75. The molecule has 0 spiro atoms. The van der Waals surface area contributed by atoms with E-state index in [0.29, 0.717) is 11.4 Å². The van der Waals surface area contributed by atoms with Gasteiger partial charge in [-0.25, -0.2) is 0 Å². The van der Waals surface area contributed by atoms with Crippen LogP contribution in [-0.2, 0) is 10.1 Å². The van der Waals surface area contributed by atoms with Crippen LogP contribution in [0, 0.1) is 0 Å². The lowest BCUT2D eigenvalue weighted by atomic mass is 10.1. The van der Waals surface area contributed by atoms with E-state index in [1.807, 2.05) is 74.4 Å². The zero-order valence-corrected chi connectivity index (χ0v) is 19.7. The summed E-state index contributed by atoms with van der Waals surface area (Å²) in [5.74, 6) is -0.531. The standard InChI is InChI=1S/C23H23N3O4S2/c1-24(2)15-9-11-18-20(13-15)31-21-14-16(25(3)4)10-12-19(21)26(18)23(27)17-7-5-6-8-22(17)32(28,29)30/h5-14H,1-4H3,(H,28,29,30). The van der Waals surface area contributed by atoms with Crippen molar-refractivity contribution in [2.45, 2.75) is 14.7 Å². The van der Waals surface area contributed by atoms with Crippen molar-refractivity contribution in [2.75, 3.05) is 42.9 Å². The van der Waals surface area contributed by atoms with Crippen LogP contribution in [0.3, 0.4) is 0 Å². The Labute approximate surface area is 192 Å². The predicted molar refractivity (Wildman–Crippen MR) is 128 cm³/mol. The summed E-state index contributed by atoms with van der Waals surface area (Å²) in [6.45, 7) is 0. The second-order valence-corrected chi connectivity index (χ2v) is 10.3. The van der Waals surface area contributed by atoms with E-state index in [2.05, 4.69) is 0 Å². The predicted octanol–water partition coefficient (Wildman–Crippen LogP) is 4.51. The van der Waals surface area contributed by atoms with Crippen molar-refractivity contribution in [3.63, 3.8) is 0 Å². The van der Waals surface area contributed by atoms with Crippen LogP contribution in [0.5, 0.6) is 0 Å². The molecule has 1 aliphatic heterocycles. The molecular weight excluding hydrogens is 446 g/mol. The Kier molecular flexibility index (Phi) is 5.66. The maximum atomic E-state index is 13.8. The van der Waals surface area contributed by atoms with Crippen molar-refractivity contribution in [1.82, 2.24) is 0 Å². The smallest absolute Gasteiger partial charge is 0.295 e. The van der Waals surface area contributed by atoms with E-state index in [9.17, 15) is 17.8 Å². The largest absolute Gasteiger partial charge is 0.378 e. The van der Waals surface area contributed by atoms with E-state index in [-0.39, 0.29) is 5.56 Å². The molecule has 166 valence electrons. The van der Waals surface area contributed by atoms with Gasteiger partial charge in [-0.05, 0) is 48.5 Å². The number of carbonyl (C=O) groups excluding carboxylic acids is 1. The first-order chi connectivity index (χ1) is 15.1. The van der Waals surface area contributed by atoms with E-state index in [1.54, 1.807) is 17.8 Å². The molecule has 1 N–H and O–H groups in total. The number of hydrogen-bond donors (Lipinski definition) is 1. The van der Waals surface area contributed by atoms with Gasteiger partial charge in [0.1, 0.15) is 4.90 Å². The lowest BCUT2D eigenvalue weighted by Crippen LogP contribution is -2.30. The van der Waals surface area contributed by atoms with Crippen LogP contribution < -0.4 is 14.7 Å². The van der Waals surface area contributed by atoms with Gasteiger partial charge >= 0.3 is 0 Å². The zero-order valence-electron chi connectivity index (χ0n) is 18.1. The minimum Gasteiger partial charge on any atom is -0.378 e. The number of carbonyl (C=O) groups is 1. The molecule has 1 aliphatic rings. The SMILES string of the molecule is CN(C)c1ccc2c(c1)Sc1cc(N(C)C)ccc1N2C(=O)c1ccccc1S(=O)(=O)O. The van der Waals surface area contributed by atoms with Crippen LogP contribution in [0.1, 0.15) is 10.4 Å². The summed E-state index contributed by atoms with van der Waals surface area (Å²) < 4.78 is 33.6. The number of rotatable bonds is 4. The molecule has 1 heterocycles. The Hall–Kier alpha value is -3.01. The number of amides is 1. The van der Waals surface area contributed by atoms with E-state index in [1.165, 1.54) is 23.1 Å². The van der Waals surface area contributed by atoms with Crippen molar-refractivity contribution in [2.24, 2.45) is 0 Å². The molecule has 0 aliphatic carbocycles. The summed E-state index contributed by atoms with van der Waals surface area (Å²) in [5.41, 5.74) is 3.18. The van der Waals surface area contributed by atoms with Crippen LogP contribution in [0.25, 0.3) is 0 Å². The fourth-order valence-electron chi connectivity index (χ4n) is 3.55. The van der Waals surface area contributed by atoms with Gasteiger partial charge in [0.05, 0.1) is 16.9 Å². The van der Waals surface area contributed by atoms with Crippen molar-refractivity contribution in [3.8, 4) is 0 Å². The van der Waals surface area contributed by atoms with E-state index in [4.69, 9.17) is 0 Å². The van der Waals surface area contributed by atoms with Gasteiger partial charge in [0.25, 0.3) is 16.0 Å². The quantitative estimate of drug-likeness (QED) is 0.563. The molecule has 0 bridgehead atoms. The highest BCUT2D eigenvalue weighted by atomic mass is 32.2. The van der Waals surface area contributed by atoms with Crippen LogP contribution in [0.15, 0.2) is 75.4 Å². The van der Waals surface area contributed by atoms with Crippen molar-refractivity contribution >= 4 is 50.5 Å². The second kappa shape index (κ2) is 8.16. The molecule has 3 aromatic carbocycles. The summed E-state index contributed by atoms with van der Waals surface area (Å²) in [6.07, 6.45) is 0. The van der Waals surface area contributed by atoms with Crippen LogP contribution in [-0.4, -0.2) is 47.1 Å². The van der Waals surface area contributed by atoms with Gasteiger partial charge in [0.2, 0.25) is 0 Å². The molecule has 0 unspecified atom stereocenters. The molecule has 0 aromatic heterocycles. The van der Waals surface area contributed by atoms with Crippen molar-refractivity contribution < 1.29 is 17.8 Å². The lowest BCUT2D eigenvalue weighted by molar-refractivity contribution is 0.0995. The number of anilines is 4. The van der Waals surface area contributed by atoms with Gasteiger partial charge in [-0.3, -0.25) is 14.2 Å². The maximum absolute atomic E-state index is 13.8. The van der Waals surface area contributed by atoms with Gasteiger partial charge in [-0.2, -0.15) is 8.42 Å². The lowest BCUT2D eigenvalue weighted by Gasteiger charge is -2.33. The number of nitrogens with zero attached hydrogens (tertiary/aromatic N) is 3. The molecule has 0 saturated carbocycles. The highest BCUT2D eigenvalue weighted by Gasteiger charge is 2.32. The fraction of sp³-hybridized carbons (Fsp3) is 0.174. The van der Waals surface area contributed by atoms with Gasteiger partial charge in [-0.1, -0.05) is 23.9 Å². The summed E-state index contributed by atoms with van der Waals surface area (Å²) in [6, 6.07) is 17.2. The summed E-state index contributed by atoms with van der Waals surface area (Å²) in [4.78, 5) is 20.6. The highest BCUT2D eigenvalue weighted by molar-refractivity contribution is 7.99. The molecule has 1 amide bonds. The first-order valence-corrected chi connectivity index (χ1v) is 12.0. The Morgan fingerprint density at radius 1 is 0.844 bits per heavy atom. The van der Waals surface area contributed by atoms with E-state index < -0.39 is 20.9 Å². The van der Waals surface area contributed by atoms with Crippen molar-refractivity contribution in [3.05, 3.63) is 66.2 Å². The topological polar surface area (TPSA) is 81.2 Å². The Bertz CT molecular complexity index is 1260. The molecule has 0 atom stereocenters. The fourth-order valence-corrected chi connectivity index (χ4v) is 5.36. The zero-order chi connectivity index (χ0) is 23.2. The monoisotopic (exact) mass is 469 g/mol. The normalized spacial score (nSPS) is 12.7. The third-order valence-electron chi connectivity index (χ3n) is 5.22. The first kappa shape index (κ1) is 22.2. The third-order valence-corrected chi connectivity index (χ3v) is 7.23. The third kappa shape index (κ3) is 3.94. The minimum absolute atomic E-state index is 0.0906. The Morgan fingerprint density at radius 3 is 1.81 bits per heavy atom. The minimum atomic E-state index is -4.57. The Balaban J connectivity index is 1.94. The van der Waals surface area contributed by atoms with Gasteiger partial charge in [-0.15, -0.1) is 0 Å². The maximum Gasteiger partial charge on any atom is 0.295 e. The van der Waals surface area contributed by atoms with Crippen LogP contribution >= 0.6 is 11.8 Å². The number of benzene rings is 3. The molecule has 32 heavy (non-hydrogen) atoms. The molecule has 0 saturated heterocycles. The highest BCUT2D eigenvalue weighted by Crippen LogP contribution is 2.50. The molecule has 0 fully saturated rings. The summed E-state index contributed by atoms with van der Waals surface area (Å²) >= 11 is 1.56. The molecule has 7 nitrogen and oxygen atoms in total. The molecular formula is C23H23N3O4S2. The van der Waals surface area contributed by atoms with Gasteiger partial charge in [0.15, 0.2) is 0 Å². The molecule has 9 heteroatoms. The number of fused-ring (bicyclic) bond motifs is 2. The molecule has 3 aromatic rings. The first-order valence-electron chi connectivity index (χ1n) is 9.79. The molecule has 4 rings (SSSR count). The van der Waals surface area contributed by atoms with Crippen LogP contribution in [0.2, 0.25) is 0 Å². The van der Waals surface area contributed by atoms with E-state index in [0.717, 1.165) is 21.2 Å². The summed E-state index contributed by atoms with van der Waals surface area (Å²) in [7, 11) is 3.20. The van der Waals surface area contributed by atoms with Gasteiger partial charge in [0, 0.05) is 49.4 Å². The number of hydrogen-bond acceptors (Lipinski definition) is 6. The molecule has 0 radical (unpaired) electrons. The summed E-state index contributed by atoms with van der Waals surface area (Å²) in [5, 5.41) is 0.